The number of thiophene rings is 1. The van der Waals surface area contributed by atoms with Crippen LogP contribution in [-0.2, 0) is 5.75 Å². The van der Waals surface area contributed by atoms with Gasteiger partial charge in [-0.05, 0) is 23.7 Å². The highest BCUT2D eigenvalue weighted by molar-refractivity contribution is 7.99. The van der Waals surface area contributed by atoms with Gasteiger partial charge in [0.15, 0.2) is 0 Å². The zero-order valence-electron chi connectivity index (χ0n) is 8.44. The first-order valence-corrected chi connectivity index (χ1v) is 7.95. The molecule has 0 saturated heterocycles. The molecule has 1 aliphatic rings. The zero-order chi connectivity index (χ0) is 11.4. The van der Waals surface area contributed by atoms with Crippen LogP contribution in [0.25, 0.3) is 20.7 Å². The Hall–Kier alpha value is -0.620. The number of benzene rings is 1. The van der Waals surface area contributed by atoms with Gasteiger partial charge in [0.25, 0.3) is 0 Å². The molecule has 17 heavy (non-hydrogen) atoms. The molecule has 2 nitrogen and oxygen atoms in total. The van der Waals surface area contributed by atoms with E-state index in [0.717, 1.165) is 16.5 Å². The van der Waals surface area contributed by atoms with Gasteiger partial charge in [0.05, 0.1) is 14.8 Å². The molecule has 0 radical (unpaired) electrons. The average Bonchev–Trinajstić information content (AvgIpc) is 2.91. The monoisotopic (exact) mass is 296 g/mol. The van der Waals surface area contributed by atoms with Crippen LogP contribution in [0.2, 0.25) is 5.02 Å². The van der Waals surface area contributed by atoms with Crippen molar-refractivity contribution >= 4 is 56.3 Å². The molecule has 3 heterocycles. The van der Waals surface area contributed by atoms with E-state index in [1.165, 1.54) is 36.3 Å². The molecule has 0 spiro atoms. The van der Waals surface area contributed by atoms with Gasteiger partial charge in [-0.2, -0.15) is 0 Å². The van der Waals surface area contributed by atoms with Gasteiger partial charge < -0.3 is 0 Å². The molecule has 0 bridgehead atoms. The van der Waals surface area contributed by atoms with Gasteiger partial charge in [0.2, 0.25) is 0 Å². The predicted molar refractivity (Wildman–Crippen MR) is 75.3 cm³/mol. The number of nitrogens with zero attached hydrogens (tertiary/aromatic N) is 2. The van der Waals surface area contributed by atoms with Crippen LogP contribution in [0, 0.1) is 0 Å². The lowest BCUT2D eigenvalue weighted by atomic mass is 10.2. The van der Waals surface area contributed by atoms with E-state index in [1.54, 1.807) is 11.3 Å². The number of hydrogen-bond donors (Lipinski definition) is 0. The fraction of sp³-hybridized carbons (Fsp3) is 0.0909. The highest BCUT2D eigenvalue weighted by atomic mass is 35.5. The van der Waals surface area contributed by atoms with Crippen molar-refractivity contribution in [1.29, 1.82) is 0 Å². The Labute approximate surface area is 115 Å². The van der Waals surface area contributed by atoms with Crippen LogP contribution < -0.4 is 0 Å². The number of aromatic nitrogens is 2. The zero-order valence-corrected chi connectivity index (χ0v) is 11.6. The van der Waals surface area contributed by atoms with Crippen molar-refractivity contribution in [3.8, 4) is 10.6 Å². The van der Waals surface area contributed by atoms with Crippen molar-refractivity contribution in [2.45, 2.75) is 10.6 Å². The average molecular weight is 297 g/mol. The summed E-state index contributed by atoms with van der Waals surface area (Å²) in [7, 11) is 0. The van der Waals surface area contributed by atoms with Gasteiger partial charge in [-0.25, -0.2) is 0 Å². The Morgan fingerprint density at radius 1 is 1.29 bits per heavy atom. The summed E-state index contributed by atoms with van der Waals surface area (Å²) in [6.45, 7) is 0. The van der Waals surface area contributed by atoms with Crippen LogP contribution in [0.3, 0.4) is 0 Å². The van der Waals surface area contributed by atoms with Gasteiger partial charge in [-0.1, -0.05) is 22.2 Å². The Morgan fingerprint density at radius 3 is 3.18 bits per heavy atom. The second-order valence-corrected chi connectivity index (χ2v) is 6.99. The summed E-state index contributed by atoms with van der Waals surface area (Å²) < 4.78 is 5.28. The number of fused-ring (bicyclic) bond motifs is 5. The lowest BCUT2D eigenvalue weighted by Crippen LogP contribution is -1.89. The van der Waals surface area contributed by atoms with Crippen molar-refractivity contribution in [2.75, 3.05) is 0 Å². The Morgan fingerprint density at radius 2 is 2.24 bits per heavy atom. The Balaban J connectivity index is 2.14. The van der Waals surface area contributed by atoms with Gasteiger partial charge in [0.1, 0.15) is 5.69 Å². The van der Waals surface area contributed by atoms with E-state index in [2.05, 4.69) is 15.7 Å². The van der Waals surface area contributed by atoms with Crippen molar-refractivity contribution in [2.24, 2.45) is 0 Å². The fourth-order valence-corrected chi connectivity index (χ4v) is 5.78. The molecule has 0 saturated carbocycles. The maximum Gasteiger partial charge on any atom is 0.121 e. The van der Waals surface area contributed by atoms with Crippen LogP contribution in [0.4, 0.5) is 0 Å². The molecular formula is C11H5ClN2S3. The molecule has 6 heteroatoms. The molecule has 2 aromatic heterocycles. The molecule has 1 aromatic carbocycles. The smallest absolute Gasteiger partial charge is 0.121 e. The summed E-state index contributed by atoms with van der Waals surface area (Å²) in [5.74, 6) is 0.955. The van der Waals surface area contributed by atoms with E-state index in [4.69, 9.17) is 11.6 Å². The maximum atomic E-state index is 6.30. The van der Waals surface area contributed by atoms with Crippen LogP contribution in [0.1, 0.15) is 4.88 Å². The van der Waals surface area contributed by atoms with Crippen molar-refractivity contribution in [3.63, 3.8) is 0 Å². The summed E-state index contributed by atoms with van der Waals surface area (Å²) in [5, 5.41) is 6.26. The minimum Gasteiger partial charge on any atom is -0.137 e. The number of rotatable bonds is 0. The largest absolute Gasteiger partial charge is 0.137 e. The third kappa shape index (κ3) is 1.40. The third-order valence-electron chi connectivity index (χ3n) is 2.74. The molecule has 0 amide bonds. The highest BCUT2D eigenvalue weighted by Gasteiger charge is 2.25. The lowest BCUT2D eigenvalue weighted by molar-refractivity contribution is 1.15. The molecule has 0 unspecified atom stereocenters. The molecule has 0 atom stereocenters. The van der Waals surface area contributed by atoms with Crippen molar-refractivity contribution in [1.82, 2.24) is 9.59 Å². The highest BCUT2D eigenvalue weighted by Crippen LogP contribution is 2.51. The molecule has 0 aliphatic carbocycles. The second kappa shape index (κ2) is 3.68. The topological polar surface area (TPSA) is 25.8 Å². The summed E-state index contributed by atoms with van der Waals surface area (Å²) in [6.07, 6.45) is 0. The van der Waals surface area contributed by atoms with Crippen molar-refractivity contribution < 1.29 is 0 Å². The van der Waals surface area contributed by atoms with Gasteiger partial charge in [-0.15, -0.1) is 28.2 Å². The summed E-state index contributed by atoms with van der Waals surface area (Å²) in [5.41, 5.74) is 1.06. The minimum atomic E-state index is 0.833. The van der Waals surface area contributed by atoms with E-state index in [1.807, 2.05) is 23.9 Å². The maximum absolute atomic E-state index is 6.30. The molecule has 1 aliphatic heterocycles. The summed E-state index contributed by atoms with van der Waals surface area (Å²) in [4.78, 5) is 3.77. The van der Waals surface area contributed by atoms with Gasteiger partial charge >= 0.3 is 0 Å². The van der Waals surface area contributed by atoms with E-state index in [0.29, 0.717) is 0 Å². The minimum absolute atomic E-state index is 0.833. The number of halogens is 1. The second-order valence-electron chi connectivity index (χ2n) is 3.71. The van der Waals surface area contributed by atoms with E-state index < -0.39 is 0 Å². The summed E-state index contributed by atoms with van der Waals surface area (Å²) in [6, 6.07) is 6.06. The Kier molecular flexibility index (Phi) is 2.24. The van der Waals surface area contributed by atoms with E-state index in [-0.39, 0.29) is 0 Å². The Bertz CT molecular complexity index is 731. The molecule has 4 rings (SSSR count). The van der Waals surface area contributed by atoms with Gasteiger partial charge in [-0.3, -0.25) is 0 Å². The molecule has 0 N–H and O–H groups in total. The molecule has 3 aromatic rings. The normalized spacial score (nSPS) is 13.7. The van der Waals surface area contributed by atoms with Gasteiger partial charge in [0, 0.05) is 20.7 Å². The van der Waals surface area contributed by atoms with Crippen LogP contribution >= 0.6 is 46.2 Å². The van der Waals surface area contributed by atoms with Crippen LogP contribution in [-0.4, -0.2) is 9.59 Å². The summed E-state index contributed by atoms with van der Waals surface area (Å²) >= 11 is 11.4. The first-order valence-electron chi connectivity index (χ1n) is 5.00. The van der Waals surface area contributed by atoms with Crippen molar-refractivity contribution in [3.05, 3.63) is 28.1 Å². The first kappa shape index (κ1) is 10.3. The van der Waals surface area contributed by atoms with E-state index >= 15 is 0 Å². The molecular weight excluding hydrogens is 292 g/mol. The lowest BCUT2D eigenvalue weighted by Gasteiger charge is -2.09. The third-order valence-corrected chi connectivity index (χ3v) is 6.38. The van der Waals surface area contributed by atoms with Crippen LogP contribution in [0.5, 0.6) is 0 Å². The quantitative estimate of drug-likeness (QED) is 0.602. The number of hydrogen-bond acceptors (Lipinski definition) is 5. The van der Waals surface area contributed by atoms with Crippen LogP contribution in [0.15, 0.2) is 23.1 Å². The first-order chi connectivity index (χ1) is 8.34. The molecule has 0 fully saturated rings. The molecule has 84 valence electrons. The fourth-order valence-electron chi connectivity index (χ4n) is 1.99. The standard InChI is InChI=1S/C11H5ClN2S3/c12-5-2-1-3-6-8(5)10-11(16-6)9-7(4-15-10)17-14-13-9/h1-3H,4H2. The van der Waals surface area contributed by atoms with E-state index in [9.17, 15) is 0 Å². The SMILES string of the molecule is Clc1cccc2sc3c(c12)SCc1snnc1-3. The predicted octanol–water partition coefficient (Wildman–Crippen LogP) is 4.68. The number of thioether (sulfide) groups is 1.